The fourth-order valence-electron chi connectivity index (χ4n) is 3.27. The zero-order valence-electron chi connectivity index (χ0n) is 17.0. The molecular formula is C22H23N3O5. The van der Waals surface area contributed by atoms with Gasteiger partial charge in [-0.25, -0.2) is 9.59 Å². The van der Waals surface area contributed by atoms with Gasteiger partial charge >= 0.3 is 11.7 Å². The Bertz CT molecular complexity index is 1250. The van der Waals surface area contributed by atoms with E-state index < -0.39 is 29.6 Å². The molecule has 0 fully saturated rings. The van der Waals surface area contributed by atoms with Gasteiger partial charge in [0.2, 0.25) is 5.78 Å². The summed E-state index contributed by atoms with van der Waals surface area (Å²) in [5, 5.41) is 1.55. The minimum absolute atomic E-state index is 0.0645. The van der Waals surface area contributed by atoms with E-state index in [-0.39, 0.29) is 23.8 Å². The molecular weight excluding hydrogens is 386 g/mol. The van der Waals surface area contributed by atoms with Gasteiger partial charge in [-0.15, -0.1) is 0 Å². The van der Waals surface area contributed by atoms with E-state index in [0.717, 1.165) is 9.95 Å². The van der Waals surface area contributed by atoms with Gasteiger partial charge in [-0.2, -0.15) is 0 Å². The average molecular weight is 409 g/mol. The highest BCUT2D eigenvalue weighted by Gasteiger charge is 2.23. The van der Waals surface area contributed by atoms with Crippen LogP contribution in [-0.2, 0) is 18.3 Å². The monoisotopic (exact) mass is 409 g/mol. The average Bonchev–Trinajstić information content (AvgIpc) is 2.73. The quantitative estimate of drug-likeness (QED) is 0.492. The normalized spacial score (nSPS) is 11.1. The number of rotatable bonds is 6. The largest absolute Gasteiger partial charge is 0.454 e. The zero-order chi connectivity index (χ0) is 22.0. The van der Waals surface area contributed by atoms with Crippen LogP contribution in [0.4, 0.5) is 5.82 Å². The van der Waals surface area contributed by atoms with Gasteiger partial charge < -0.3 is 10.5 Å². The Morgan fingerprint density at radius 2 is 1.73 bits per heavy atom. The van der Waals surface area contributed by atoms with Crippen LogP contribution in [0.25, 0.3) is 10.8 Å². The molecule has 0 saturated carbocycles. The number of hydrogen-bond donors (Lipinski definition) is 1. The van der Waals surface area contributed by atoms with Crippen molar-refractivity contribution in [3.05, 3.63) is 74.4 Å². The summed E-state index contributed by atoms with van der Waals surface area (Å²) in [6, 6.07) is 12.5. The minimum atomic E-state index is -0.816. The molecule has 1 heterocycles. The smallest absolute Gasteiger partial charge is 0.339 e. The molecule has 0 saturated heterocycles. The number of hydrogen-bond acceptors (Lipinski definition) is 6. The molecule has 0 bridgehead atoms. The number of anilines is 1. The molecule has 8 heteroatoms. The van der Waals surface area contributed by atoms with Crippen LogP contribution in [0.5, 0.6) is 0 Å². The fourth-order valence-corrected chi connectivity index (χ4v) is 3.27. The second-order valence-corrected chi connectivity index (χ2v) is 7.44. The van der Waals surface area contributed by atoms with Crippen molar-refractivity contribution in [3.8, 4) is 0 Å². The molecule has 0 radical (unpaired) electrons. The Morgan fingerprint density at radius 1 is 1.07 bits per heavy atom. The molecule has 30 heavy (non-hydrogen) atoms. The highest BCUT2D eigenvalue weighted by Crippen LogP contribution is 2.19. The van der Waals surface area contributed by atoms with Gasteiger partial charge in [-0.3, -0.25) is 18.7 Å². The number of esters is 1. The summed E-state index contributed by atoms with van der Waals surface area (Å²) < 4.78 is 7.19. The second kappa shape index (κ2) is 8.36. The first-order chi connectivity index (χ1) is 14.2. The third-order valence-corrected chi connectivity index (χ3v) is 4.75. The van der Waals surface area contributed by atoms with E-state index in [4.69, 9.17) is 10.5 Å². The number of ether oxygens (including phenoxy) is 1. The number of benzene rings is 2. The molecule has 0 aliphatic rings. The molecule has 0 aliphatic heterocycles. The van der Waals surface area contributed by atoms with Crippen LogP contribution in [0.3, 0.4) is 0 Å². The van der Waals surface area contributed by atoms with Gasteiger partial charge in [-0.05, 0) is 22.8 Å². The lowest BCUT2D eigenvalue weighted by molar-refractivity contribution is 0.0476. The number of aromatic nitrogens is 2. The van der Waals surface area contributed by atoms with Crippen LogP contribution in [-0.4, -0.2) is 27.5 Å². The van der Waals surface area contributed by atoms with E-state index in [1.54, 1.807) is 24.3 Å². The van der Waals surface area contributed by atoms with Gasteiger partial charge in [0, 0.05) is 13.6 Å². The molecule has 2 N–H and O–H groups in total. The number of Topliss-reactive ketones (excluding diaryl/α,β-unsaturated/α-hetero) is 1. The maximum Gasteiger partial charge on any atom is 0.339 e. The van der Waals surface area contributed by atoms with Crippen LogP contribution in [0.1, 0.15) is 34.6 Å². The summed E-state index contributed by atoms with van der Waals surface area (Å²) in [5.41, 5.74) is 4.52. The summed E-state index contributed by atoms with van der Waals surface area (Å²) in [6.45, 7) is 3.34. The highest BCUT2D eigenvalue weighted by molar-refractivity contribution is 6.06. The Balaban J connectivity index is 1.89. The van der Waals surface area contributed by atoms with E-state index >= 15 is 0 Å². The van der Waals surface area contributed by atoms with Crippen LogP contribution in [0, 0.1) is 5.92 Å². The van der Waals surface area contributed by atoms with Crippen molar-refractivity contribution in [3.63, 3.8) is 0 Å². The Kier molecular flexibility index (Phi) is 5.86. The van der Waals surface area contributed by atoms with E-state index in [1.165, 1.54) is 11.6 Å². The van der Waals surface area contributed by atoms with Crippen molar-refractivity contribution < 1.29 is 14.3 Å². The topological polar surface area (TPSA) is 113 Å². The lowest BCUT2D eigenvalue weighted by atomic mass is 10.0. The van der Waals surface area contributed by atoms with Gasteiger partial charge in [0.05, 0.1) is 5.56 Å². The Hall–Kier alpha value is -3.68. The number of carbonyl (C=O) groups excluding carboxylic acids is 2. The Morgan fingerprint density at radius 3 is 2.43 bits per heavy atom. The van der Waals surface area contributed by atoms with Crippen molar-refractivity contribution in [2.75, 3.05) is 12.3 Å². The number of nitrogens with zero attached hydrogens (tertiary/aromatic N) is 2. The predicted molar refractivity (Wildman–Crippen MR) is 114 cm³/mol. The number of nitrogen functional groups attached to an aromatic ring is 1. The van der Waals surface area contributed by atoms with Crippen molar-refractivity contribution in [2.24, 2.45) is 13.0 Å². The molecule has 8 nitrogen and oxygen atoms in total. The lowest BCUT2D eigenvalue weighted by Crippen LogP contribution is -2.43. The third kappa shape index (κ3) is 3.89. The standard InChI is InChI=1S/C22H23N3O5/c1-13(2)11-25-19(23)18(20(27)24(3)22(25)29)17(26)12-30-21(28)16-10-6-8-14-7-4-5-9-15(14)16/h4-10,13H,11-12,23H2,1-3H3. The molecule has 0 spiro atoms. The molecule has 0 amide bonds. The van der Waals surface area contributed by atoms with E-state index in [2.05, 4.69) is 0 Å². The number of fused-ring (bicyclic) bond motifs is 1. The first-order valence-corrected chi connectivity index (χ1v) is 9.49. The van der Waals surface area contributed by atoms with Crippen LogP contribution < -0.4 is 17.0 Å². The number of nitrogens with two attached hydrogens (primary N) is 1. The van der Waals surface area contributed by atoms with E-state index in [1.807, 2.05) is 32.0 Å². The first kappa shape index (κ1) is 21.0. The summed E-state index contributed by atoms with van der Waals surface area (Å²) in [5.74, 6) is -1.61. The number of carbonyl (C=O) groups is 2. The summed E-state index contributed by atoms with van der Waals surface area (Å²) in [7, 11) is 1.28. The lowest BCUT2D eigenvalue weighted by Gasteiger charge is -2.16. The van der Waals surface area contributed by atoms with E-state index in [9.17, 15) is 19.2 Å². The minimum Gasteiger partial charge on any atom is -0.454 e. The maximum atomic E-state index is 12.7. The fraction of sp³-hybridized carbons (Fsp3) is 0.273. The van der Waals surface area contributed by atoms with Crippen molar-refractivity contribution in [2.45, 2.75) is 20.4 Å². The van der Waals surface area contributed by atoms with Crippen molar-refractivity contribution in [1.82, 2.24) is 9.13 Å². The van der Waals surface area contributed by atoms with Crippen molar-refractivity contribution >= 4 is 28.3 Å². The highest BCUT2D eigenvalue weighted by atomic mass is 16.5. The molecule has 0 aliphatic carbocycles. The molecule has 3 rings (SSSR count). The van der Waals surface area contributed by atoms with Crippen LogP contribution >= 0.6 is 0 Å². The van der Waals surface area contributed by atoms with E-state index in [0.29, 0.717) is 10.9 Å². The molecule has 2 aromatic carbocycles. The third-order valence-electron chi connectivity index (χ3n) is 4.75. The summed E-state index contributed by atoms with van der Waals surface area (Å²) in [6.07, 6.45) is 0. The molecule has 1 aromatic heterocycles. The molecule has 3 aromatic rings. The second-order valence-electron chi connectivity index (χ2n) is 7.44. The summed E-state index contributed by atoms with van der Waals surface area (Å²) in [4.78, 5) is 50.1. The molecule has 0 unspecified atom stereocenters. The van der Waals surface area contributed by atoms with Gasteiger partial charge in [-0.1, -0.05) is 50.2 Å². The Labute approximate surface area is 172 Å². The SMILES string of the molecule is CC(C)Cn1c(N)c(C(=O)COC(=O)c2cccc3ccccc23)c(=O)n(C)c1=O. The number of ketones is 1. The molecule has 0 atom stereocenters. The maximum absolute atomic E-state index is 12.7. The molecule has 156 valence electrons. The van der Waals surface area contributed by atoms with Gasteiger partial charge in [0.1, 0.15) is 11.4 Å². The first-order valence-electron chi connectivity index (χ1n) is 9.49. The van der Waals surface area contributed by atoms with Crippen molar-refractivity contribution in [1.29, 1.82) is 0 Å². The van der Waals surface area contributed by atoms with Crippen LogP contribution in [0.15, 0.2) is 52.1 Å². The van der Waals surface area contributed by atoms with Gasteiger partial charge in [0.15, 0.2) is 6.61 Å². The summed E-state index contributed by atoms with van der Waals surface area (Å²) >= 11 is 0. The zero-order valence-corrected chi connectivity index (χ0v) is 17.0. The van der Waals surface area contributed by atoms with Gasteiger partial charge in [0.25, 0.3) is 5.56 Å². The predicted octanol–water partition coefficient (Wildman–Crippen LogP) is 1.98. The van der Waals surface area contributed by atoms with Crippen LogP contribution in [0.2, 0.25) is 0 Å².